The Balaban J connectivity index is -0.0000000183. The molecule has 0 saturated carbocycles. The standard InChI is InChI=1S/5Fe.4H3O4P/c;;;;;4*1-5(2,3)4/h;;;;;4*(H3,1,2,3,4). The van der Waals surface area contributed by atoms with E-state index in [1.54, 1.807) is 0 Å². The van der Waals surface area contributed by atoms with Gasteiger partial charge in [0.2, 0.25) is 0 Å². The van der Waals surface area contributed by atoms with E-state index < -0.39 is 31.3 Å². The Hall–Kier alpha value is 3.04. The summed E-state index contributed by atoms with van der Waals surface area (Å²) in [5, 5.41) is 0. The van der Waals surface area contributed by atoms with E-state index in [-0.39, 0.29) is 85.3 Å². The van der Waals surface area contributed by atoms with Crippen LogP contribution in [0.15, 0.2) is 0 Å². The summed E-state index contributed by atoms with van der Waals surface area (Å²) in [6.45, 7) is 0. The zero-order valence-corrected chi connectivity index (χ0v) is 19.7. The molecule has 0 aromatic rings. The van der Waals surface area contributed by atoms with E-state index in [1.807, 2.05) is 0 Å². The second-order valence-corrected chi connectivity index (χ2v) is 6.16. The molecule has 0 fully saturated rings. The molecule has 0 heterocycles. The van der Waals surface area contributed by atoms with Crippen molar-refractivity contribution in [2.24, 2.45) is 0 Å². The zero-order valence-electron chi connectivity index (χ0n) is 10.6. The molecule has 0 aliphatic carbocycles. The first-order chi connectivity index (χ1) is 8.00. The average Bonchev–Trinajstić information content (AvgIpc) is 1.62. The van der Waals surface area contributed by atoms with Crippen molar-refractivity contribution in [3.8, 4) is 0 Å². The van der Waals surface area contributed by atoms with Gasteiger partial charge in [-0.2, -0.15) is 0 Å². The van der Waals surface area contributed by atoms with Gasteiger partial charge in [0.1, 0.15) is 0 Å². The van der Waals surface area contributed by atoms with E-state index in [0.29, 0.717) is 0 Å². The Morgan fingerprint density at radius 2 is 0.280 bits per heavy atom. The van der Waals surface area contributed by atoms with E-state index >= 15 is 0 Å². The smallest absolute Gasteiger partial charge is 0.303 e. The summed E-state index contributed by atoms with van der Waals surface area (Å²) >= 11 is 0. The van der Waals surface area contributed by atoms with Crippen LogP contribution in [0.4, 0.5) is 0 Å². The minimum Gasteiger partial charge on any atom is -0.303 e. The summed E-state index contributed by atoms with van der Waals surface area (Å²) in [5.41, 5.74) is 0. The molecule has 0 atom stereocenters. The summed E-state index contributed by atoms with van der Waals surface area (Å²) in [6, 6.07) is 0. The van der Waals surface area contributed by atoms with Gasteiger partial charge in [0.15, 0.2) is 0 Å². The number of rotatable bonds is 0. The van der Waals surface area contributed by atoms with E-state index in [4.69, 9.17) is 77.0 Å². The van der Waals surface area contributed by atoms with Crippen molar-refractivity contribution in [1.82, 2.24) is 0 Å². The number of hydrogen-bond acceptors (Lipinski definition) is 4. The molecule has 0 saturated heterocycles. The maximum Gasteiger partial charge on any atom is 0.466 e. The van der Waals surface area contributed by atoms with Crippen LogP contribution in [0.2, 0.25) is 0 Å². The van der Waals surface area contributed by atoms with Gasteiger partial charge in [-0.15, -0.1) is 0 Å². The Morgan fingerprint density at radius 3 is 0.280 bits per heavy atom. The van der Waals surface area contributed by atoms with Gasteiger partial charge >= 0.3 is 31.3 Å². The normalized spacial score (nSPS) is 9.44. The molecule has 0 spiro atoms. The minimum absolute atomic E-state index is 0. The number of phosphoric acid groups is 4. The van der Waals surface area contributed by atoms with Gasteiger partial charge in [-0.05, 0) is 0 Å². The molecule has 0 aliphatic rings. The van der Waals surface area contributed by atoms with Gasteiger partial charge < -0.3 is 58.7 Å². The van der Waals surface area contributed by atoms with Crippen molar-refractivity contribution < 1.29 is 162 Å². The van der Waals surface area contributed by atoms with Gasteiger partial charge in [-0.3, -0.25) is 0 Å². The second kappa shape index (κ2) is 25.1. The summed E-state index contributed by atoms with van der Waals surface area (Å²) < 4.78 is 35.5. The van der Waals surface area contributed by atoms with Gasteiger partial charge in [0.05, 0.1) is 0 Å². The van der Waals surface area contributed by atoms with Crippen molar-refractivity contribution >= 4 is 31.3 Å². The number of hydrogen-bond donors (Lipinski definition) is 12. The monoisotopic (exact) mass is 672 g/mol. The fourth-order valence-corrected chi connectivity index (χ4v) is 0. The molecule has 0 aromatic carbocycles. The van der Waals surface area contributed by atoms with E-state index in [2.05, 4.69) is 0 Å². The molecule has 0 aromatic heterocycles. The van der Waals surface area contributed by atoms with Crippen LogP contribution >= 0.6 is 31.3 Å². The first kappa shape index (κ1) is 56.6. The second-order valence-electron chi connectivity index (χ2n) is 2.05. The predicted molar refractivity (Wildman–Crippen MR) is 57.1 cm³/mol. The van der Waals surface area contributed by atoms with E-state index in [1.165, 1.54) is 0 Å². The molecule has 25 heteroatoms. The van der Waals surface area contributed by atoms with Crippen LogP contribution in [-0.4, -0.2) is 58.7 Å². The predicted octanol–water partition coefficient (Wildman–Crippen LogP) is -3.73. The molecule has 168 valence electrons. The van der Waals surface area contributed by atoms with Gasteiger partial charge in [-0.25, -0.2) is 18.3 Å². The molecular weight excluding hydrogens is 659 g/mol. The Kier molecular flexibility index (Phi) is 56.7. The van der Waals surface area contributed by atoms with Crippen LogP contribution in [0.25, 0.3) is 0 Å². The van der Waals surface area contributed by atoms with Crippen LogP contribution < -0.4 is 0 Å². The van der Waals surface area contributed by atoms with Crippen LogP contribution in [0.3, 0.4) is 0 Å². The molecule has 0 aliphatic heterocycles. The fourth-order valence-electron chi connectivity index (χ4n) is 0. The summed E-state index contributed by atoms with van der Waals surface area (Å²) in [7, 11) is -18.6. The summed E-state index contributed by atoms with van der Waals surface area (Å²) in [5.74, 6) is 0. The third-order valence-corrected chi connectivity index (χ3v) is 0. The van der Waals surface area contributed by atoms with Crippen molar-refractivity contribution in [2.75, 3.05) is 0 Å². The molecule has 16 nitrogen and oxygen atoms in total. The molecule has 0 radical (unpaired) electrons. The average molecular weight is 671 g/mol. The molecule has 0 unspecified atom stereocenters. The molecule has 12 N–H and O–H groups in total. The molecule has 25 heavy (non-hydrogen) atoms. The fraction of sp³-hybridized carbons (Fsp3) is 0. The van der Waals surface area contributed by atoms with Crippen LogP contribution in [-0.2, 0) is 104 Å². The van der Waals surface area contributed by atoms with Crippen LogP contribution in [0.5, 0.6) is 0 Å². The van der Waals surface area contributed by atoms with Crippen LogP contribution in [0.1, 0.15) is 0 Å². The van der Waals surface area contributed by atoms with Crippen molar-refractivity contribution in [3.05, 3.63) is 0 Å². The van der Waals surface area contributed by atoms with Gasteiger partial charge in [0, 0.05) is 85.3 Å². The molecule has 0 bridgehead atoms. The minimum atomic E-state index is -4.64. The van der Waals surface area contributed by atoms with E-state index in [0.717, 1.165) is 0 Å². The maximum absolute atomic E-state index is 8.88. The Morgan fingerprint density at radius 1 is 0.280 bits per heavy atom. The molecular formula is H12Fe5O16P4. The summed E-state index contributed by atoms with van der Waals surface area (Å²) in [6.07, 6.45) is 0. The molecule has 0 amide bonds. The first-order valence-corrected chi connectivity index (χ1v) is 9.39. The maximum atomic E-state index is 8.88. The zero-order chi connectivity index (χ0) is 18.0. The van der Waals surface area contributed by atoms with E-state index in [9.17, 15) is 0 Å². The van der Waals surface area contributed by atoms with Crippen molar-refractivity contribution in [2.45, 2.75) is 0 Å². The quantitative estimate of drug-likeness (QED) is 0.0870. The largest absolute Gasteiger partial charge is 0.466 e. The third kappa shape index (κ3) is 1840. The SMILES string of the molecule is O=P(O)(O)O.O=P(O)(O)O.O=P(O)(O)O.O=P(O)(O)O.[Fe].[Fe].[Fe].[Fe].[Fe]. The third-order valence-electron chi connectivity index (χ3n) is 0. The van der Waals surface area contributed by atoms with Crippen molar-refractivity contribution in [3.63, 3.8) is 0 Å². The van der Waals surface area contributed by atoms with Gasteiger partial charge in [0.25, 0.3) is 0 Å². The topological polar surface area (TPSA) is 311 Å². The Bertz CT molecular complexity index is 297. The Labute approximate surface area is 192 Å². The van der Waals surface area contributed by atoms with Crippen molar-refractivity contribution in [1.29, 1.82) is 0 Å². The van der Waals surface area contributed by atoms with Gasteiger partial charge in [-0.1, -0.05) is 0 Å². The first-order valence-electron chi connectivity index (χ1n) is 3.13. The van der Waals surface area contributed by atoms with Crippen LogP contribution in [0, 0.1) is 0 Å². The molecule has 0 rings (SSSR count). The summed E-state index contributed by atoms with van der Waals surface area (Å²) in [4.78, 5) is 86.2.